The quantitative estimate of drug-likeness (QED) is 0.714. The summed E-state index contributed by atoms with van der Waals surface area (Å²) in [7, 11) is 0. The molecule has 7 heteroatoms. The van der Waals surface area contributed by atoms with Crippen LogP contribution in [0.2, 0.25) is 0 Å². The summed E-state index contributed by atoms with van der Waals surface area (Å²) in [5.74, 6) is -1.33. The fraction of sp³-hybridized carbons (Fsp3) is 0.636. The summed E-state index contributed by atoms with van der Waals surface area (Å²) in [6.45, 7) is 10.1. The van der Waals surface area contributed by atoms with Gasteiger partial charge in [0.1, 0.15) is 6.10 Å². The molecule has 158 valence electrons. The Bertz CT molecular complexity index is 781. The van der Waals surface area contributed by atoms with Crippen LogP contribution in [0.3, 0.4) is 0 Å². The molecule has 3 saturated heterocycles. The maximum atomic E-state index is 12.2. The molecule has 7 nitrogen and oxygen atoms in total. The molecule has 1 aromatic rings. The summed E-state index contributed by atoms with van der Waals surface area (Å²) < 4.78 is 28.6. The van der Waals surface area contributed by atoms with Crippen LogP contribution in [0.5, 0.6) is 0 Å². The molecule has 3 fully saturated rings. The Labute approximate surface area is 170 Å². The van der Waals surface area contributed by atoms with Crippen molar-refractivity contribution in [2.75, 3.05) is 0 Å². The zero-order chi connectivity index (χ0) is 20.9. The summed E-state index contributed by atoms with van der Waals surface area (Å²) in [6.07, 6.45) is -3.64. The first-order chi connectivity index (χ1) is 13.7. The van der Waals surface area contributed by atoms with E-state index in [1.807, 2.05) is 19.1 Å². The fourth-order valence-corrected chi connectivity index (χ4v) is 3.73. The standard InChI is InChI=1S/C22H28O7/c1-6-11(2)18(23)26-16-14-15(25-19(16)24)17-21(27-14)29-20(28-17)12-7-9-13(10-8-12)22(3,4)5/h7-11,14-17,20-21H,6H2,1-5H3/t11?,14-,15-,16-,17+,20?,21+/m0/s1. The lowest BCUT2D eigenvalue weighted by molar-refractivity contribution is -0.186. The maximum absolute atomic E-state index is 12.2. The van der Waals surface area contributed by atoms with Crippen molar-refractivity contribution in [1.82, 2.24) is 0 Å². The molecule has 0 radical (unpaired) electrons. The average molecular weight is 404 g/mol. The predicted molar refractivity (Wildman–Crippen MR) is 102 cm³/mol. The highest BCUT2D eigenvalue weighted by Gasteiger charge is 2.63. The molecular formula is C22H28O7. The van der Waals surface area contributed by atoms with Gasteiger partial charge in [-0.2, -0.15) is 0 Å². The second-order valence-electron chi connectivity index (χ2n) is 8.98. The number of hydrogen-bond donors (Lipinski definition) is 0. The Balaban J connectivity index is 1.42. The second-order valence-corrected chi connectivity index (χ2v) is 8.98. The molecule has 0 bridgehead atoms. The molecule has 0 aliphatic carbocycles. The molecule has 0 N–H and O–H groups in total. The van der Waals surface area contributed by atoms with E-state index in [0.29, 0.717) is 6.42 Å². The number of esters is 2. The molecule has 0 aromatic heterocycles. The Hall–Kier alpha value is -1.96. The summed E-state index contributed by atoms with van der Waals surface area (Å²) in [6, 6.07) is 8.06. The topological polar surface area (TPSA) is 80.3 Å². The summed E-state index contributed by atoms with van der Waals surface area (Å²) in [5, 5.41) is 0. The molecule has 4 rings (SSSR count). The Morgan fingerprint density at radius 3 is 2.38 bits per heavy atom. The fourth-order valence-electron chi connectivity index (χ4n) is 3.73. The molecule has 3 aliphatic rings. The number of carbonyl (C=O) groups is 2. The average Bonchev–Trinajstić information content (AvgIpc) is 3.31. The summed E-state index contributed by atoms with van der Waals surface area (Å²) in [5.41, 5.74) is 2.14. The molecule has 0 saturated carbocycles. The van der Waals surface area contributed by atoms with Crippen LogP contribution in [0.25, 0.3) is 0 Å². The summed E-state index contributed by atoms with van der Waals surface area (Å²) >= 11 is 0. The minimum Gasteiger partial charge on any atom is -0.454 e. The van der Waals surface area contributed by atoms with E-state index in [-0.39, 0.29) is 11.3 Å². The van der Waals surface area contributed by atoms with Gasteiger partial charge in [-0.1, -0.05) is 58.9 Å². The van der Waals surface area contributed by atoms with Crippen LogP contribution in [0.4, 0.5) is 0 Å². The number of hydrogen-bond acceptors (Lipinski definition) is 7. The van der Waals surface area contributed by atoms with E-state index in [9.17, 15) is 9.59 Å². The van der Waals surface area contributed by atoms with Crippen molar-refractivity contribution >= 4 is 11.9 Å². The highest BCUT2D eigenvalue weighted by molar-refractivity contribution is 5.83. The molecule has 3 heterocycles. The van der Waals surface area contributed by atoms with Gasteiger partial charge in [-0.15, -0.1) is 0 Å². The van der Waals surface area contributed by atoms with Gasteiger partial charge in [-0.3, -0.25) is 4.79 Å². The van der Waals surface area contributed by atoms with Gasteiger partial charge in [-0.05, 0) is 17.4 Å². The largest absolute Gasteiger partial charge is 0.454 e. The Kier molecular flexibility index (Phi) is 5.17. The van der Waals surface area contributed by atoms with Crippen molar-refractivity contribution in [1.29, 1.82) is 0 Å². The van der Waals surface area contributed by atoms with Crippen molar-refractivity contribution in [2.24, 2.45) is 5.92 Å². The molecule has 7 atom stereocenters. The lowest BCUT2D eigenvalue weighted by Gasteiger charge is -2.21. The summed E-state index contributed by atoms with van der Waals surface area (Å²) in [4.78, 5) is 24.3. The van der Waals surface area contributed by atoms with Crippen LogP contribution in [-0.4, -0.2) is 42.6 Å². The number of fused-ring (bicyclic) bond motifs is 3. The minimum atomic E-state index is -1.08. The van der Waals surface area contributed by atoms with Crippen LogP contribution >= 0.6 is 0 Å². The van der Waals surface area contributed by atoms with Gasteiger partial charge < -0.3 is 23.7 Å². The molecule has 29 heavy (non-hydrogen) atoms. The van der Waals surface area contributed by atoms with Gasteiger partial charge in [0.15, 0.2) is 24.8 Å². The van der Waals surface area contributed by atoms with Crippen LogP contribution in [0.15, 0.2) is 24.3 Å². The van der Waals surface area contributed by atoms with Crippen LogP contribution in [-0.2, 0) is 38.7 Å². The molecule has 0 spiro atoms. The van der Waals surface area contributed by atoms with Gasteiger partial charge in [0.2, 0.25) is 6.10 Å². The lowest BCUT2D eigenvalue weighted by atomic mass is 9.87. The van der Waals surface area contributed by atoms with Crippen molar-refractivity contribution in [2.45, 2.75) is 83.5 Å². The normalized spacial score (nSPS) is 34.4. The SMILES string of the molecule is CCC(C)C(=O)O[C@@H]1C(=O)O[C@@H]2[C@H]3OC(c4ccc(C(C)(C)C)cc4)O[C@H]3O[C@@H]21. The highest BCUT2D eigenvalue weighted by Crippen LogP contribution is 2.44. The van der Waals surface area contributed by atoms with Gasteiger partial charge in [0, 0.05) is 5.56 Å². The first-order valence-corrected chi connectivity index (χ1v) is 10.2. The van der Waals surface area contributed by atoms with Crippen molar-refractivity contribution in [3.05, 3.63) is 35.4 Å². The van der Waals surface area contributed by atoms with E-state index >= 15 is 0 Å². The first kappa shape index (κ1) is 20.3. The molecular weight excluding hydrogens is 376 g/mol. The monoisotopic (exact) mass is 404 g/mol. The van der Waals surface area contributed by atoms with E-state index in [1.54, 1.807) is 6.92 Å². The molecule has 2 unspecified atom stereocenters. The van der Waals surface area contributed by atoms with E-state index in [4.69, 9.17) is 23.7 Å². The van der Waals surface area contributed by atoms with E-state index in [2.05, 4.69) is 32.9 Å². The van der Waals surface area contributed by atoms with Crippen molar-refractivity contribution < 1.29 is 33.3 Å². The number of rotatable bonds is 4. The van der Waals surface area contributed by atoms with Gasteiger partial charge in [-0.25, -0.2) is 4.79 Å². The van der Waals surface area contributed by atoms with Crippen LogP contribution in [0.1, 0.15) is 58.5 Å². The van der Waals surface area contributed by atoms with Gasteiger partial charge in [0.25, 0.3) is 0 Å². The number of carbonyl (C=O) groups excluding carboxylic acids is 2. The van der Waals surface area contributed by atoms with E-state index < -0.39 is 48.9 Å². The maximum Gasteiger partial charge on any atom is 0.350 e. The predicted octanol–water partition coefficient (Wildman–Crippen LogP) is 3.01. The third kappa shape index (κ3) is 3.67. The van der Waals surface area contributed by atoms with Crippen molar-refractivity contribution in [3.63, 3.8) is 0 Å². The van der Waals surface area contributed by atoms with Gasteiger partial charge in [0.05, 0.1) is 5.92 Å². The minimum absolute atomic E-state index is 0.0581. The lowest BCUT2D eigenvalue weighted by Crippen LogP contribution is -2.37. The van der Waals surface area contributed by atoms with Crippen LogP contribution < -0.4 is 0 Å². The zero-order valence-electron chi connectivity index (χ0n) is 17.4. The Morgan fingerprint density at radius 2 is 1.76 bits per heavy atom. The van der Waals surface area contributed by atoms with E-state index in [1.165, 1.54) is 5.56 Å². The highest BCUT2D eigenvalue weighted by atomic mass is 16.8. The molecule has 3 aliphatic heterocycles. The van der Waals surface area contributed by atoms with E-state index in [0.717, 1.165) is 5.56 Å². The number of ether oxygens (including phenoxy) is 5. The molecule has 1 aromatic carbocycles. The zero-order valence-corrected chi connectivity index (χ0v) is 17.4. The second kappa shape index (κ2) is 7.38. The Morgan fingerprint density at radius 1 is 1.07 bits per heavy atom. The van der Waals surface area contributed by atoms with Crippen LogP contribution in [0, 0.1) is 5.92 Å². The third-order valence-electron chi connectivity index (χ3n) is 5.84. The van der Waals surface area contributed by atoms with Crippen molar-refractivity contribution in [3.8, 4) is 0 Å². The van der Waals surface area contributed by atoms with Gasteiger partial charge >= 0.3 is 11.9 Å². The number of benzene rings is 1. The smallest absolute Gasteiger partial charge is 0.350 e. The molecule has 0 amide bonds. The third-order valence-corrected chi connectivity index (χ3v) is 5.84. The first-order valence-electron chi connectivity index (χ1n) is 10.2.